The molecule has 1 aliphatic rings. The van der Waals surface area contributed by atoms with Crippen LogP contribution in [0.25, 0.3) is 0 Å². The van der Waals surface area contributed by atoms with Crippen molar-refractivity contribution in [3.8, 4) is 5.75 Å². The Labute approximate surface area is 140 Å². The third kappa shape index (κ3) is 4.42. The molecule has 1 heterocycles. The number of nitro benzene ring substituents is 1. The van der Waals surface area contributed by atoms with E-state index in [9.17, 15) is 19.6 Å². The fourth-order valence-electron chi connectivity index (χ4n) is 2.67. The van der Waals surface area contributed by atoms with Gasteiger partial charge in [0.1, 0.15) is 5.82 Å². The van der Waals surface area contributed by atoms with E-state index in [1.54, 1.807) is 0 Å². The van der Waals surface area contributed by atoms with Crippen molar-refractivity contribution in [2.24, 2.45) is 0 Å². The molecule has 0 saturated carbocycles. The number of nitrogens with one attached hydrogen (secondary N) is 1. The molecule has 2 rings (SSSR count). The summed E-state index contributed by atoms with van der Waals surface area (Å²) in [6, 6.07) is 1.73. The molecule has 1 aromatic carbocycles. The van der Waals surface area contributed by atoms with E-state index in [0.717, 1.165) is 32.2 Å². The first-order chi connectivity index (χ1) is 9.54. The van der Waals surface area contributed by atoms with E-state index in [0.29, 0.717) is 12.0 Å². The Hall–Kier alpha value is -1.15. The molecule has 1 fully saturated rings. The minimum atomic E-state index is -0.758. The summed E-state index contributed by atoms with van der Waals surface area (Å²) >= 11 is 0. The molecule has 0 aliphatic carbocycles. The Kier molecular flexibility index (Phi) is 8.62. The number of halogens is 3. The van der Waals surface area contributed by atoms with E-state index in [-0.39, 0.29) is 30.9 Å². The second kappa shape index (κ2) is 9.09. The van der Waals surface area contributed by atoms with Crippen LogP contribution in [0, 0.1) is 15.9 Å². The Morgan fingerprint density at radius 3 is 2.50 bits per heavy atom. The van der Waals surface area contributed by atoms with Gasteiger partial charge in [0.05, 0.1) is 11.0 Å². The van der Waals surface area contributed by atoms with Crippen molar-refractivity contribution in [3.05, 3.63) is 33.6 Å². The molecule has 0 aromatic heterocycles. The number of piperazine rings is 1. The van der Waals surface area contributed by atoms with Gasteiger partial charge in [0.2, 0.25) is 0 Å². The lowest BCUT2D eigenvalue weighted by Gasteiger charge is -2.34. The van der Waals surface area contributed by atoms with Crippen LogP contribution in [0.1, 0.15) is 24.9 Å². The van der Waals surface area contributed by atoms with Crippen LogP contribution in [-0.2, 0) is 0 Å². The Morgan fingerprint density at radius 1 is 1.41 bits per heavy atom. The van der Waals surface area contributed by atoms with E-state index >= 15 is 0 Å². The van der Waals surface area contributed by atoms with Gasteiger partial charge >= 0.3 is 5.69 Å². The van der Waals surface area contributed by atoms with Crippen LogP contribution in [0.3, 0.4) is 0 Å². The van der Waals surface area contributed by atoms with Gasteiger partial charge in [-0.05, 0) is 12.5 Å². The predicted octanol–water partition coefficient (Wildman–Crippen LogP) is 2.64. The Morgan fingerprint density at radius 2 is 2.00 bits per heavy atom. The second-order valence-electron chi connectivity index (χ2n) is 4.83. The summed E-state index contributed by atoms with van der Waals surface area (Å²) in [5.41, 5.74) is -0.283. The van der Waals surface area contributed by atoms with Crippen LogP contribution in [0.2, 0.25) is 0 Å². The monoisotopic (exact) mass is 355 g/mol. The molecule has 1 aromatic rings. The van der Waals surface area contributed by atoms with E-state index in [1.807, 2.05) is 6.92 Å². The lowest BCUT2D eigenvalue weighted by Crippen LogP contribution is -2.45. The zero-order valence-electron chi connectivity index (χ0n) is 12.1. The van der Waals surface area contributed by atoms with Gasteiger partial charge in [0, 0.05) is 37.8 Å². The topological polar surface area (TPSA) is 78.6 Å². The first-order valence-corrected chi connectivity index (χ1v) is 6.66. The van der Waals surface area contributed by atoms with Gasteiger partial charge in [0.25, 0.3) is 0 Å². The van der Waals surface area contributed by atoms with Crippen LogP contribution in [0.5, 0.6) is 5.75 Å². The molecule has 6 nitrogen and oxygen atoms in total. The zero-order valence-corrected chi connectivity index (χ0v) is 13.8. The van der Waals surface area contributed by atoms with Crippen LogP contribution in [0.15, 0.2) is 12.1 Å². The molecule has 0 amide bonds. The fourth-order valence-corrected chi connectivity index (χ4v) is 2.67. The summed E-state index contributed by atoms with van der Waals surface area (Å²) in [6.45, 7) is 5.08. The fraction of sp³-hybridized carbons (Fsp3) is 0.538. The summed E-state index contributed by atoms with van der Waals surface area (Å²) in [5, 5.41) is 24.1. The standard InChI is InChI=1S/C13H18FN3O3.2ClH/c1-2-11(16-5-3-15-4-6-16)10-7-9(14)8-12(13(10)18)17(19)20;;/h7-8,11,15,18H,2-6H2,1H3;2*1H/t11-;;/m0../s1. The first kappa shape index (κ1) is 20.9. The van der Waals surface area contributed by atoms with Gasteiger partial charge in [-0.1, -0.05) is 6.92 Å². The minimum absolute atomic E-state index is 0. The van der Waals surface area contributed by atoms with Crippen molar-refractivity contribution >= 4 is 30.5 Å². The summed E-state index contributed by atoms with van der Waals surface area (Å²) in [4.78, 5) is 12.2. The van der Waals surface area contributed by atoms with E-state index < -0.39 is 22.2 Å². The minimum Gasteiger partial charge on any atom is -0.502 e. The van der Waals surface area contributed by atoms with Crippen molar-refractivity contribution < 1.29 is 14.4 Å². The number of aromatic hydroxyl groups is 1. The van der Waals surface area contributed by atoms with Gasteiger partial charge in [-0.15, -0.1) is 24.8 Å². The molecule has 22 heavy (non-hydrogen) atoms. The maximum absolute atomic E-state index is 13.6. The average Bonchev–Trinajstić information content (AvgIpc) is 2.44. The molecule has 9 heteroatoms. The predicted molar refractivity (Wildman–Crippen MR) is 86.7 cm³/mol. The third-order valence-corrected chi connectivity index (χ3v) is 3.62. The van der Waals surface area contributed by atoms with Gasteiger partial charge in [-0.25, -0.2) is 4.39 Å². The van der Waals surface area contributed by atoms with Gasteiger partial charge in [-0.3, -0.25) is 15.0 Å². The van der Waals surface area contributed by atoms with Crippen molar-refractivity contribution in [1.29, 1.82) is 0 Å². The second-order valence-corrected chi connectivity index (χ2v) is 4.83. The normalized spacial score (nSPS) is 16.3. The summed E-state index contributed by atoms with van der Waals surface area (Å²) in [6.07, 6.45) is 0.647. The summed E-state index contributed by atoms with van der Waals surface area (Å²) in [7, 11) is 0. The molecular formula is C13H20Cl2FN3O3. The van der Waals surface area contributed by atoms with Crippen LogP contribution < -0.4 is 5.32 Å². The smallest absolute Gasteiger partial charge is 0.313 e. The largest absolute Gasteiger partial charge is 0.502 e. The number of nitrogens with zero attached hydrogens (tertiary/aromatic N) is 2. The molecule has 0 spiro atoms. The van der Waals surface area contributed by atoms with Crippen LogP contribution in [0.4, 0.5) is 10.1 Å². The molecule has 1 aliphatic heterocycles. The molecule has 1 saturated heterocycles. The average molecular weight is 356 g/mol. The van der Waals surface area contributed by atoms with Crippen LogP contribution >= 0.6 is 24.8 Å². The van der Waals surface area contributed by atoms with Crippen molar-refractivity contribution in [2.75, 3.05) is 26.2 Å². The lowest BCUT2D eigenvalue weighted by molar-refractivity contribution is -0.386. The lowest BCUT2D eigenvalue weighted by atomic mass is 9.99. The maximum Gasteiger partial charge on any atom is 0.313 e. The number of hydrogen-bond acceptors (Lipinski definition) is 5. The highest BCUT2D eigenvalue weighted by atomic mass is 35.5. The molecule has 0 bridgehead atoms. The molecule has 0 radical (unpaired) electrons. The van der Waals surface area contributed by atoms with E-state index in [4.69, 9.17) is 0 Å². The molecule has 0 unspecified atom stereocenters. The van der Waals surface area contributed by atoms with E-state index in [2.05, 4.69) is 10.2 Å². The highest BCUT2D eigenvalue weighted by Gasteiger charge is 2.28. The molecule has 126 valence electrons. The quantitative estimate of drug-likeness (QED) is 0.641. The van der Waals surface area contributed by atoms with Gasteiger partial charge in [-0.2, -0.15) is 0 Å². The van der Waals surface area contributed by atoms with Crippen molar-refractivity contribution in [1.82, 2.24) is 10.2 Å². The molecule has 1 atom stereocenters. The number of rotatable bonds is 4. The number of phenols is 1. The summed E-state index contributed by atoms with van der Waals surface area (Å²) in [5.74, 6) is -1.13. The van der Waals surface area contributed by atoms with Gasteiger partial charge in [0.15, 0.2) is 5.75 Å². The molecule has 2 N–H and O–H groups in total. The SMILES string of the molecule is CC[C@@H](c1cc(F)cc([N+](=O)[O-])c1O)N1CCNCC1.Cl.Cl. The Bertz CT molecular complexity index is 514. The highest BCUT2D eigenvalue weighted by molar-refractivity contribution is 5.85. The number of hydrogen-bond donors (Lipinski definition) is 2. The van der Waals surface area contributed by atoms with E-state index in [1.165, 1.54) is 6.07 Å². The van der Waals surface area contributed by atoms with Gasteiger partial charge < -0.3 is 10.4 Å². The van der Waals surface area contributed by atoms with Crippen LogP contribution in [-0.4, -0.2) is 41.1 Å². The Balaban J connectivity index is 0.00000220. The first-order valence-electron chi connectivity index (χ1n) is 6.66. The third-order valence-electron chi connectivity index (χ3n) is 3.62. The van der Waals surface area contributed by atoms with Crippen molar-refractivity contribution in [2.45, 2.75) is 19.4 Å². The highest BCUT2D eigenvalue weighted by Crippen LogP contribution is 2.38. The summed E-state index contributed by atoms with van der Waals surface area (Å²) < 4.78 is 13.6. The number of nitro groups is 1. The maximum atomic E-state index is 13.6. The molecular weight excluding hydrogens is 336 g/mol. The number of benzene rings is 1. The van der Waals surface area contributed by atoms with Crippen molar-refractivity contribution in [3.63, 3.8) is 0 Å². The zero-order chi connectivity index (χ0) is 14.7. The number of phenolic OH excluding ortho intramolecular Hbond substituents is 1.